The number of nitrogens with one attached hydrogen (secondary N) is 1. The maximum absolute atomic E-state index is 12.6. The normalized spacial score (nSPS) is 11.0. The number of aromatic amines is 1. The van der Waals surface area contributed by atoms with Gasteiger partial charge in [-0.3, -0.25) is 9.59 Å². The predicted molar refractivity (Wildman–Crippen MR) is 95.4 cm³/mol. The Labute approximate surface area is 140 Å². The van der Waals surface area contributed by atoms with Gasteiger partial charge in [-0.2, -0.15) is 0 Å². The first kappa shape index (κ1) is 16.1. The molecular formula is C19H21N3O2. The van der Waals surface area contributed by atoms with Crippen LogP contribution in [-0.2, 0) is 6.54 Å². The number of pyridine rings is 1. The van der Waals surface area contributed by atoms with E-state index in [1.54, 1.807) is 18.9 Å². The van der Waals surface area contributed by atoms with Crippen LogP contribution in [0.15, 0.2) is 47.4 Å². The topological polar surface area (TPSA) is 58.1 Å². The summed E-state index contributed by atoms with van der Waals surface area (Å²) in [6.45, 7) is 4.81. The van der Waals surface area contributed by atoms with Crippen LogP contribution in [0.5, 0.6) is 0 Å². The van der Waals surface area contributed by atoms with Crippen molar-refractivity contribution in [2.45, 2.75) is 20.4 Å². The number of hydrogen-bond acceptors (Lipinski definition) is 2. The second-order valence-corrected chi connectivity index (χ2v) is 6.13. The summed E-state index contributed by atoms with van der Waals surface area (Å²) in [5, 5.41) is 1.18. The monoisotopic (exact) mass is 323 g/mol. The van der Waals surface area contributed by atoms with Crippen molar-refractivity contribution in [1.82, 2.24) is 14.5 Å². The Bertz CT molecular complexity index is 953. The number of aromatic nitrogens is 2. The molecule has 0 aliphatic carbocycles. The zero-order valence-electron chi connectivity index (χ0n) is 14.2. The first-order valence-electron chi connectivity index (χ1n) is 7.97. The van der Waals surface area contributed by atoms with E-state index in [-0.39, 0.29) is 17.0 Å². The average Bonchev–Trinajstić information content (AvgIpc) is 2.94. The fraction of sp³-hybridized carbons (Fsp3) is 0.263. The molecule has 3 rings (SSSR count). The highest BCUT2D eigenvalue weighted by molar-refractivity contribution is 5.95. The summed E-state index contributed by atoms with van der Waals surface area (Å²) in [5.41, 5.74) is 2.51. The molecule has 1 N–H and O–H groups in total. The Kier molecular flexibility index (Phi) is 4.25. The number of para-hydroxylation sites is 1. The third kappa shape index (κ3) is 2.97. The maximum atomic E-state index is 12.6. The maximum Gasteiger partial charge on any atom is 0.261 e. The lowest BCUT2D eigenvalue weighted by molar-refractivity contribution is 0.0788. The third-order valence-electron chi connectivity index (χ3n) is 4.28. The molecule has 0 saturated carbocycles. The molecule has 0 aliphatic rings. The molecule has 2 aromatic heterocycles. The fourth-order valence-electron chi connectivity index (χ4n) is 3.01. The number of rotatable bonds is 4. The van der Waals surface area contributed by atoms with E-state index in [9.17, 15) is 9.59 Å². The van der Waals surface area contributed by atoms with Gasteiger partial charge in [-0.25, -0.2) is 0 Å². The SMILES string of the molecule is Cc1cc(C)c(C(=O)N(C)CCn2ccc3ccccc32)c(=O)[nH]1. The van der Waals surface area contributed by atoms with Crippen molar-refractivity contribution >= 4 is 16.8 Å². The van der Waals surface area contributed by atoms with Gasteiger partial charge < -0.3 is 14.5 Å². The molecule has 0 aliphatic heterocycles. The Balaban J connectivity index is 1.77. The number of carbonyl (C=O) groups is 1. The Morgan fingerprint density at radius 3 is 2.71 bits per heavy atom. The van der Waals surface area contributed by atoms with Crippen LogP contribution in [-0.4, -0.2) is 34.0 Å². The number of carbonyl (C=O) groups excluding carboxylic acids is 1. The third-order valence-corrected chi connectivity index (χ3v) is 4.28. The lowest BCUT2D eigenvalue weighted by atomic mass is 10.1. The van der Waals surface area contributed by atoms with Crippen LogP contribution < -0.4 is 5.56 Å². The van der Waals surface area contributed by atoms with Crippen molar-refractivity contribution in [1.29, 1.82) is 0 Å². The molecule has 0 unspecified atom stereocenters. The molecule has 2 heterocycles. The molecule has 3 aromatic rings. The number of aryl methyl sites for hydroxylation is 2. The lowest BCUT2D eigenvalue weighted by Gasteiger charge is -2.18. The number of likely N-dealkylation sites (N-methyl/N-ethyl adjacent to an activating group) is 1. The molecule has 0 spiro atoms. The van der Waals surface area contributed by atoms with E-state index in [1.165, 1.54) is 5.39 Å². The zero-order valence-corrected chi connectivity index (χ0v) is 14.2. The minimum Gasteiger partial charge on any atom is -0.346 e. The van der Waals surface area contributed by atoms with Gasteiger partial charge in [-0.1, -0.05) is 18.2 Å². The Hall–Kier alpha value is -2.82. The predicted octanol–water partition coefficient (Wildman–Crippen LogP) is 2.72. The van der Waals surface area contributed by atoms with Crippen molar-refractivity contribution in [3.63, 3.8) is 0 Å². The largest absolute Gasteiger partial charge is 0.346 e. The summed E-state index contributed by atoms with van der Waals surface area (Å²) in [5.74, 6) is -0.245. The van der Waals surface area contributed by atoms with Crippen LogP contribution in [0.25, 0.3) is 10.9 Å². The molecule has 5 heteroatoms. The van der Waals surface area contributed by atoms with E-state index >= 15 is 0 Å². The van der Waals surface area contributed by atoms with Crippen molar-refractivity contribution in [3.8, 4) is 0 Å². The van der Waals surface area contributed by atoms with Gasteiger partial charge in [0.2, 0.25) is 0 Å². The zero-order chi connectivity index (χ0) is 17.3. The van der Waals surface area contributed by atoms with Gasteiger partial charge in [0.05, 0.1) is 0 Å². The van der Waals surface area contributed by atoms with Crippen molar-refractivity contribution in [2.75, 3.05) is 13.6 Å². The summed E-state index contributed by atoms with van der Waals surface area (Å²) < 4.78 is 2.12. The first-order chi connectivity index (χ1) is 11.5. The van der Waals surface area contributed by atoms with Gasteiger partial charge in [0, 0.05) is 37.5 Å². The minimum atomic E-state index is -0.323. The van der Waals surface area contributed by atoms with Crippen molar-refractivity contribution < 1.29 is 4.79 Å². The van der Waals surface area contributed by atoms with Crippen LogP contribution >= 0.6 is 0 Å². The van der Waals surface area contributed by atoms with Gasteiger partial charge >= 0.3 is 0 Å². The molecule has 1 amide bonds. The highest BCUT2D eigenvalue weighted by atomic mass is 16.2. The van der Waals surface area contributed by atoms with E-state index < -0.39 is 0 Å². The molecular weight excluding hydrogens is 302 g/mol. The van der Waals surface area contributed by atoms with Gasteiger partial charge in [0.15, 0.2) is 0 Å². The number of fused-ring (bicyclic) bond motifs is 1. The van der Waals surface area contributed by atoms with Gasteiger partial charge in [-0.05, 0) is 43.0 Å². The number of amides is 1. The summed E-state index contributed by atoms with van der Waals surface area (Å²) in [6.07, 6.45) is 2.02. The Morgan fingerprint density at radius 2 is 1.96 bits per heavy atom. The average molecular weight is 323 g/mol. The van der Waals surface area contributed by atoms with Crippen molar-refractivity contribution in [3.05, 3.63) is 69.8 Å². The summed E-state index contributed by atoms with van der Waals surface area (Å²) >= 11 is 0. The standard InChI is InChI=1S/C19H21N3O2/c1-13-12-14(2)20-18(23)17(13)19(24)21(3)10-11-22-9-8-15-6-4-5-7-16(15)22/h4-9,12H,10-11H2,1-3H3,(H,20,23). The second-order valence-electron chi connectivity index (χ2n) is 6.13. The summed E-state index contributed by atoms with van der Waals surface area (Å²) in [4.78, 5) is 29.0. The molecule has 124 valence electrons. The van der Waals surface area contributed by atoms with E-state index in [2.05, 4.69) is 27.8 Å². The van der Waals surface area contributed by atoms with Crippen LogP contribution in [0, 0.1) is 13.8 Å². The highest BCUT2D eigenvalue weighted by Gasteiger charge is 2.18. The lowest BCUT2D eigenvalue weighted by Crippen LogP contribution is -2.34. The fourth-order valence-corrected chi connectivity index (χ4v) is 3.01. The van der Waals surface area contributed by atoms with E-state index in [0.717, 1.165) is 11.2 Å². The first-order valence-corrected chi connectivity index (χ1v) is 7.97. The molecule has 0 bridgehead atoms. The molecule has 24 heavy (non-hydrogen) atoms. The summed E-state index contributed by atoms with van der Waals surface area (Å²) in [6, 6.07) is 12.0. The molecule has 0 fully saturated rings. The number of H-pyrrole nitrogens is 1. The number of benzene rings is 1. The van der Waals surface area contributed by atoms with Gasteiger partial charge in [0.25, 0.3) is 11.5 Å². The van der Waals surface area contributed by atoms with Gasteiger partial charge in [0.1, 0.15) is 5.56 Å². The summed E-state index contributed by atoms with van der Waals surface area (Å²) in [7, 11) is 1.73. The molecule has 0 saturated heterocycles. The van der Waals surface area contributed by atoms with Crippen molar-refractivity contribution in [2.24, 2.45) is 0 Å². The van der Waals surface area contributed by atoms with E-state index in [0.29, 0.717) is 18.7 Å². The van der Waals surface area contributed by atoms with Crippen LogP contribution in [0.4, 0.5) is 0 Å². The van der Waals surface area contributed by atoms with Crippen LogP contribution in [0.2, 0.25) is 0 Å². The van der Waals surface area contributed by atoms with Gasteiger partial charge in [-0.15, -0.1) is 0 Å². The highest BCUT2D eigenvalue weighted by Crippen LogP contribution is 2.15. The minimum absolute atomic E-state index is 0.223. The van der Waals surface area contributed by atoms with Crippen LogP contribution in [0.1, 0.15) is 21.6 Å². The Morgan fingerprint density at radius 1 is 1.21 bits per heavy atom. The molecule has 5 nitrogen and oxygen atoms in total. The van der Waals surface area contributed by atoms with Crippen LogP contribution in [0.3, 0.4) is 0 Å². The second kappa shape index (κ2) is 6.35. The quantitative estimate of drug-likeness (QED) is 0.802. The van der Waals surface area contributed by atoms with E-state index in [1.807, 2.05) is 31.3 Å². The smallest absolute Gasteiger partial charge is 0.261 e. The molecule has 0 atom stereocenters. The van der Waals surface area contributed by atoms with E-state index in [4.69, 9.17) is 0 Å². The molecule has 0 radical (unpaired) electrons. The molecule has 1 aromatic carbocycles. The number of nitrogens with zero attached hydrogens (tertiary/aromatic N) is 2. The number of hydrogen-bond donors (Lipinski definition) is 1.